The van der Waals surface area contributed by atoms with Crippen LogP contribution in [0.15, 0.2) is 34.9 Å². The Bertz CT molecular complexity index is 782. The third-order valence-electron chi connectivity index (χ3n) is 4.16. The number of hydrogen-bond donors (Lipinski definition) is 3. The molecule has 0 aliphatic carbocycles. The highest BCUT2D eigenvalue weighted by atomic mass is 79.9. The number of halogens is 1. The van der Waals surface area contributed by atoms with E-state index in [9.17, 15) is 4.79 Å². The van der Waals surface area contributed by atoms with Crippen molar-refractivity contribution in [3.63, 3.8) is 0 Å². The number of rotatable bonds is 1. The highest BCUT2D eigenvalue weighted by Crippen LogP contribution is 2.25. The lowest BCUT2D eigenvalue weighted by molar-refractivity contribution is -0.119. The molecule has 8 heteroatoms. The molecule has 0 saturated heterocycles. The fourth-order valence-corrected chi connectivity index (χ4v) is 3.15. The summed E-state index contributed by atoms with van der Waals surface area (Å²) < 4.78 is 0.831. The average molecular weight is 419 g/mol. The number of fused-ring (bicyclic) bond motifs is 4. The van der Waals surface area contributed by atoms with Gasteiger partial charge in [0.2, 0.25) is 11.9 Å². The topological polar surface area (TPSA) is 96.2 Å². The lowest BCUT2D eigenvalue weighted by atomic mass is 10.1. The van der Waals surface area contributed by atoms with Crippen molar-refractivity contribution in [1.29, 1.82) is 0 Å². The molecular weight excluding hydrogens is 396 g/mol. The lowest BCUT2D eigenvalue weighted by Gasteiger charge is -2.25. The van der Waals surface area contributed by atoms with Gasteiger partial charge in [0.15, 0.2) is 0 Å². The zero-order chi connectivity index (χ0) is 18.5. The van der Waals surface area contributed by atoms with Crippen LogP contribution in [0.3, 0.4) is 0 Å². The molecular formula is C18H23BrN6O. The van der Waals surface area contributed by atoms with E-state index in [0.717, 1.165) is 47.5 Å². The van der Waals surface area contributed by atoms with Gasteiger partial charge < -0.3 is 21.3 Å². The number of nitrogens with two attached hydrogens (primary N) is 1. The van der Waals surface area contributed by atoms with Gasteiger partial charge in [-0.25, -0.2) is 4.98 Å². The van der Waals surface area contributed by atoms with E-state index in [1.54, 1.807) is 18.0 Å². The summed E-state index contributed by atoms with van der Waals surface area (Å²) in [5, 5.41) is 6.53. The van der Waals surface area contributed by atoms with Gasteiger partial charge in [-0.15, -0.1) is 0 Å². The van der Waals surface area contributed by atoms with E-state index < -0.39 is 6.04 Å². The largest absolute Gasteiger partial charge is 0.369 e. The molecule has 0 fully saturated rings. The van der Waals surface area contributed by atoms with Gasteiger partial charge in [-0.1, -0.05) is 6.07 Å². The number of nitrogens with zero attached hydrogens (tertiary/aromatic N) is 3. The first-order valence-corrected chi connectivity index (χ1v) is 9.54. The number of aromatic nitrogens is 2. The maximum absolute atomic E-state index is 12.6. The molecule has 7 nitrogen and oxygen atoms in total. The molecule has 1 amide bonds. The lowest BCUT2D eigenvalue weighted by Crippen LogP contribution is -2.42. The maximum atomic E-state index is 12.6. The van der Waals surface area contributed by atoms with Crippen LogP contribution < -0.4 is 21.3 Å². The van der Waals surface area contributed by atoms with Crippen molar-refractivity contribution < 1.29 is 4.79 Å². The smallest absolute Gasteiger partial charge is 0.243 e. The van der Waals surface area contributed by atoms with Crippen molar-refractivity contribution >= 4 is 45.0 Å². The van der Waals surface area contributed by atoms with Crippen LogP contribution in [-0.4, -0.2) is 35.0 Å². The molecule has 0 saturated carbocycles. The van der Waals surface area contributed by atoms with Crippen molar-refractivity contribution in [3.05, 3.63) is 34.9 Å². The third kappa shape index (κ3) is 4.50. The van der Waals surface area contributed by atoms with Crippen LogP contribution in [0.5, 0.6) is 0 Å². The van der Waals surface area contributed by atoms with Crippen LogP contribution >= 0.6 is 15.9 Å². The molecule has 0 radical (unpaired) electrons. The van der Waals surface area contributed by atoms with E-state index in [0.29, 0.717) is 12.5 Å². The molecule has 1 aromatic carbocycles. The quantitative estimate of drug-likeness (QED) is 0.657. The first kappa shape index (κ1) is 18.6. The summed E-state index contributed by atoms with van der Waals surface area (Å²) in [6, 6.07) is 7.13. The Morgan fingerprint density at radius 1 is 1.35 bits per heavy atom. The summed E-state index contributed by atoms with van der Waals surface area (Å²) >= 11 is 3.47. The van der Waals surface area contributed by atoms with Crippen molar-refractivity contribution in [1.82, 2.24) is 9.97 Å². The molecule has 1 unspecified atom stereocenters. The Morgan fingerprint density at radius 3 is 3.00 bits per heavy atom. The molecule has 1 atom stereocenters. The summed E-state index contributed by atoms with van der Waals surface area (Å²) in [6.07, 6.45) is 4.62. The van der Waals surface area contributed by atoms with E-state index in [2.05, 4.69) is 36.5 Å². The minimum Gasteiger partial charge on any atom is -0.369 e. The predicted octanol–water partition coefficient (Wildman–Crippen LogP) is 3.26. The van der Waals surface area contributed by atoms with E-state index >= 15 is 0 Å². The molecule has 1 aromatic heterocycles. The van der Waals surface area contributed by atoms with E-state index in [1.165, 1.54) is 0 Å². The highest BCUT2D eigenvalue weighted by molar-refractivity contribution is 9.10. The van der Waals surface area contributed by atoms with Crippen LogP contribution in [0.1, 0.15) is 26.2 Å². The molecule has 2 aromatic rings. The van der Waals surface area contributed by atoms with Crippen LogP contribution in [0, 0.1) is 0 Å². The second-order valence-electron chi connectivity index (χ2n) is 6.33. The van der Waals surface area contributed by atoms with Crippen LogP contribution in [-0.2, 0) is 4.79 Å². The number of hydrogen-bond acceptors (Lipinski definition) is 6. The number of carbonyl (C=O) groups is 1. The number of carbonyl (C=O) groups excluding carboxylic acids is 1. The molecule has 26 heavy (non-hydrogen) atoms. The van der Waals surface area contributed by atoms with Gasteiger partial charge in [-0.05, 0) is 60.3 Å². The minimum atomic E-state index is -0.537. The van der Waals surface area contributed by atoms with Crippen LogP contribution in [0.2, 0.25) is 0 Å². The van der Waals surface area contributed by atoms with Crippen molar-refractivity contribution in [3.8, 4) is 0 Å². The third-order valence-corrected chi connectivity index (χ3v) is 4.74. The molecule has 3 rings (SSSR count). The molecule has 2 heterocycles. The maximum Gasteiger partial charge on any atom is 0.243 e. The number of benzene rings is 1. The van der Waals surface area contributed by atoms with Crippen LogP contribution in [0.4, 0.5) is 23.1 Å². The Balaban J connectivity index is 1.95. The Morgan fingerprint density at radius 2 is 2.19 bits per heavy atom. The van der Waals surface area contributed by atoms with Gasteiger partial charge in [0.1, 0.15) is 5.82 Å². The second-order valence-corrected chi connectivity index (χ2v) is 7.19. The molecule has 138 valence electrons. The first-order chi connectivity index (χ1) is 12.5. The fraction of sp³-hybridized carbons (Fsp3) is 0.389. The summed E-state index contributed by atoms with van der Waals surface area (Å²) in [6.45, 7) is 3.17. The molecule has 1 aliphatic heterocycles. The SMILES string of the molecule is CC(N)C(=O)N1CCCCCNc2nc(ncc2Br)Nc2cccc1c2. The molecule has 0 spiro atoms. The summed E-state index contributed by atoms with van der Waals surface area (Å²) in [5.74, 6) is 1.19. The van der Waals surface area contributed by atoms with E-state index in [4.69, 9.17) is 5.73 Å². The predicted molar refractivity (Wildman–Crippen MR) is 108 cm³/mol. The number of amides is 1. The van der Waals surface area contributed by atoms with Crippen molar-refractivity contribution in [2.24, 2.45) is 5.73 Å². The van der Waals surface area contributed by atoms with Gasteiger partial charge in [0.25, 0.3) is 0 Å². The summed E-state index contributed by atoms with van der Waals surface area (Å²) in [5.41, 5.74) is 7.49. The van der Waals surface area contributed by atoms with Crippen molar-refractivity contribution in [2.75, 3.05) is 28.6 Å². The summed E-state index contributed by atoms with van der Waals surface area (Å²) in [4.78, 5) is 23.1. The molecule has 4 bridgehead atoms. The fourth-order valence-electron chi connectivity index (χ4n) is 2.82. The zero-order valence-electron chi connectivity index (χ0n) is 14.7. The van der Waals surface area contributed by atoms with E-state index in [1.807, 2.05) is 24.3 Å². The van der Waals surface area contributed by atoms with Crippen LogP contribution in [0.25, 0.3) is 0 Å². The monoisotopic (exact) mass is 418 g/mol. The summed E-state index contributed by atoms with van der Waals surface area (Å²) in [7, 11) is 0. The number of nitrogens with one attached hydrogen (secondary N) is 2. The number of anilines is 4. The molecule has 1 aliphatic rings. The van der Waals surface area contributed by atoms with Gasteiger partial charge in [-0.2, -0.15) is 4.98 Å². The van der Waals surface area contributed by atoms with Gasteiger partial charge in [0, 0.05) is 30.7 Å². The zero-order valence-corrected chi connectivity index (χ0v) is 16.3. The second kappa shape index (κ2) is 8.46. The Kier molecular flexibility index (Phi) is 6.05. The first-order valence-electron chi connectivity index (χ1n) is 8.75. The average Bonchev–Trinajstić information content (AvgIpc) is 2.62. The van der Waals surface area contributed by atoms with Gasteiger partial charge in [-0.3, -0.25) is 4.79 Å². The highest BCUT2D eigenvalue weighted by Gasteiger charge is 2.19. The minimum absolute atomic E-state index is 0.0745. The molecule has 4 N–H and O–H groups in total. The van der Waals surface area contributed by atoms with Gasteiger partial charge in [0.05, 0.1) is 10.5 Å². The Hall–Kier alpha value is -2.19. The van der Waals surface area contributed by atoms with E-state index in [-0.39, 0.29) is 5.91 Å². The standard InChI is InChI=1S/C18H23BrN6O/c1-12(20)17(26)25-9-4-2-3-8-21-16-15(19)11-22-18(24-16)23-13-6-5-7-14(25)10-13/h5-7,10-12H,2-4,8-9,20H2,1H3,(H2,21,22,23,24). The van der Waals surface area contributed by atoms with Crippen molar-refractivity contribution in [2.45, 2.75) is 32.2 Å². The normalized spacial score (nSPS) is 16.0. The Labute approximate surface area is 161 Å². The van der Waals surface area contributed by atoms with Gasteiger partial charge >= 0.3 is 0 Å².